The summed E-state index contributed by atoms with van der Waals surface area (Å²) >= 11 is 0. The molecule has 1 heterocycles. The van der Waals surface area contributed by atoms with E-state index >= 15 is 0 Å². The standard InChI is InChI=1S/C25H27N3O3/c1-19(25(30)27-17-21-12-14-26-15-13-21)28(18-22-8-10-23(31-2)11-9-22)24(29)16-20-6-4-3-5-7-20/h3-15,19H,16-18H2,1-2H3,(H,27,30). The highest BCUT2D eigenvalue weighted by Crippen LogP contribution is 2.16. The molecule has 6 nitrogen and oxygen atoms in total. The zero-order valence-corrected chi connectivity index (χ0v) is 17.8. The molecule has 31 heavy (non-hydrogen) atoms. The second-order valence-electron chi connectivity index (χ2n) is 7.28. The Morgan fingerprint density at radius 1 is 0.935 bits per heavy atom. The molecule has 0 aliphatic heterocycles. The first kappa shape index (κ1) is 22.0. The molecular formula is C25H27N3O3. The molecular weight excluding hydrogens is 390 g/mol. The molecule has 0 spiro atoms. The van der Waals surface area contributed by atoms with Crippen LogP contribution in [0.3, 0.4) is 0 Å². The van der Waals surface area contributed by atoms with Gasteiger partial charge in [-0.1, -0.05) is 42.5 Å². The maximum absolute atomic E-state index is 13.2. The number of carbonyl (C=O) groups excluding carboxylic acids is 2. The van der Waals surface area contributed by atoms with Crippen LogP contribution in [0.1, 0.15) is 23.6 Å². The molecule has 0 aliphatic rings. The molecule has 1 unspecified atom stereocenters. The SMILES string of the molecule is COc1ccc(CN(C(=O)Cc2ccccc2)C(C)C(=O)NCc2ccncc2)cc1. The number of methoxy groups -OCH3 is 1. The van der Waals surface area contributed by atoms with Crippen LogP contribution in [0.5, 0.6) is 5.75 Å². The van der Waals surface area contributed by atoms with Crippen molar-refractivity contribution in [1.82, 2.24) is 15.2 Å². The molecule has 6 heteroatoms. The van der Waals surface area contributed by atoms with E-state index in [0.29, 0.717) is 13.1 Å². The van der Waals surface area contributed by atoms with E-state index in [9.17, 15) is 9.59 Å². The zero-order chi connectivity index (χ0) is 22.1. The lowest BCUT2D eigenvalue weighted by molar-refractivity contribution is -0.140. The zero-order valence-electron chi connectivity index (χ0n) is 17.8. The second-order valence-corrected chi connectivity index (χ2v) is 7.28. The highest BCUT2D eigenvalue weighted by molar-refractivity contribution is 5.88. The van der Waals surface area contributed by atoms with E-state index < -0.39 is 6.04 Å². The van der Waals surface area contributed by atoms with Gasteiger partial charge in [-0.15, -0.1) is 0 Å². The number of nitrogens with one attached hydrogen (secondary N) is 1. The van der Waals surface area contributed by atoms with Crippen LogP contribution in [-0.2, 0) is 29.1 Å². The molecule has 0 fully saturated rings. The van der Waals surface area contributed by atoms with Gasteiger partial charge in [0, 0.05) is 25.5 Å². The molecule has 0 radical (unpaired) electrons. The smallest absolute Gasteiger partial charge is 0.242 e. The molecule has 3 aromatic rings. The number of pyridine rings is 1. The van der Waals surface area contributed by atoms with E-state index in [2.05, 4.69) is 10.3 Å². The van der Waals surface area contributed by atoms with E-state index in [4.69, 9.17) is 4.74 Å². The van der Waals surface area contributed by atoms with E-state index in [1.165, 1.54) is 0 Å². The lowest BCUT2D eigenvalue weighted by atomic mass is 10.1. The summed E-state index contributed by atoms with van der Waals surface area (Å²) in [5.41, 5.74) is 2.79. The predicted octanol–water partition coefficient (Wildman–Crippen LogP) is 3.37. The number of rotatable bonds is 9. The minimum Gasteiger partial charge on any atom is -0.497 e. The summed E-state index contributed by atoms with van der Waals surface area (Å²) in [5.74, 6) is 0.439. The lowest BCUT2D eigenvalue weighted by Crippen LogP contribution is -2.47. The second kappa shape index (κ2) is 10.9. The van der Waals surface area contributed by atoms with Crippen molar-refractivity contribution in [3.63, 3.8) is 0 Å². The van der Waals surface area contributed by atoms with E-state index in [0.717, 1.165) is 22.4 Å². The van der Waals surface area contributed by atoms with Crippen LogP contribution in [0.25, 0.3) is 0 Å². The van der Waals surface area contributed by atoms with Crippen molar-refractivity contribution in [2.75, 3.05) is 7.11 Å². The van der Waals surface area contributed by atoms with Crippen LogP contribution in [0, 0.1) is 0 Å². The number of hydrogen-bond donors (Lipinski definition) is 1. The van der Waals surface area contributed by atoms with Gasteiger partial charge in [-0.25, -0.2) is 0 Å². The number of aromatic nitrogens is 1. The third-order valence-electron chi connectivity index (χ3n) is 5.09. The normalized spacial score (nSPS) is 11.4. The monoisotopic (exact) mass is 417 g/mol. The Hall–Kier alpha value is -3.67. The minimum atomic E-state index is -0.625. The summed E-state index contributed by atoms with van der Waals surface area (Å²) in [6.45, 7) is 2.47. The molecule has 0 aliphatic carbocycles. The van der Waals surface area contributed by atoms with Crippen LogP contribution in [0.2, 0.25) is 0 Å². The first-order valence-corrected chi connectivity index (χ1v) is 10.2. The van der Waals surface area contributed by atoms with Crippen LogP contribution in [-0.4, -0.2) is 34.8 Å². The van der Waals surface area contributed by atoms with E-state index in [1.807, 2.05) is 66.7 Å². The fraction of sp³-hybridized carbons (Fsp3) is 0.240. The first-order chi connectivity index (χ1) is 15.1. The van der Waals surface area contributed by atoms with Gasteiger partial charge >= 0.3 is 0 Å². The van der Waals surface area contributed by atoms with Crippen molar-refractivity contribution in [2.45, 2.75) is 32.5 Å². The van der Waals surface area contributed by atoms with Gasteiger partial charge in [-0.3, -0.25) is 14.6 Å². The number of carbonyl (C=O) groups is 2. The van der Waals surface area contributed by atoms with E-state index in [1.54, 1.807) is 31.3 Å². The van der Waals surface area contributed by atoms with Crippen molar-refractivity contribution in [3.8, 4) is 5.75 Å². The Morgan fingerprint density at radius 3 is 2.26 bits per heavy atom. The molecule has 0 saturated heterocycles. The Bertz CT molecular complexity index is 976. The minimum absolute atomic E-state index is 0.103. The quantitative estimate of drug-likeness (QED) is 0.580. The Balaban J connectivity index is 1.73. The Labute approximate surface area is 182 Å². The summed E-state index contributed by atoms with van der Waals surface area (Å²) in [7, 11) is 1.61. The third kappa shape index (κ3) is 6.40. The first-order valence-electron chi connectivity index (χ1n) is 10.2. The van der Waals surface area contributed by atoms with Crippen molar-refractivity contribution in [1.29, 1.82) is 0 Å². The molecule has 2 aromatic carbocycles. The number of nitrogens with zero attached hydrogens (tertiary/aromatic N) is 2. The largest absolute Gasteiger partial charge is 0.497 e. The molecule has 1 aromatic heterocycles. The highest BCUT2D eigenvalue weighted by atomic mass is 16.5. The average Bonchev–Trinajstić information content (AvgIpc) is 2.82. The maximum Gasteiger partial charge on any atom is 0.242 e. The number of amides is 2. The third-order valence-corrected chi connectivity index (χ3v) is 5.09. The number of ether oxygens (including phenoxy) is 1. The van der Waals surface area contributed by atoms with Gasteiger partial charge in [0.15, 0.2) is 0 Å². The van der Waals surface area contributed by atoms with Crippen LogP contribution in [0.4, 0.5) is 0 Å². The van der Waals surface area contributed by atoms with Gasteiger partial charge in [0.2, 0.25) is 11.8 Å². The maximum atomic E-state index is 13.2. The van der Waals surface area contributed by atoms with Gasteiger partial charge < -0.3 is 15.0 Å². The molecule has 1 atom stereocenters. The van der Waals surface area contributed by atoms with Gasteiger partial charge in [0.1, 0.15) is 11.8 Å². The number of hydrogen-bond acceptors (Lipinski definition) is 4. The molecule has 0 bridgehead atoms. The Kier molecular flexibility index (Phi) is 7.76. The summed E-state index contributed by atoms with van der Waals surface area (Å²) in [6.07, 6.45) is 3.60. The Morgan fingerprint density at radius 2 is 1.61 bits per heavy atom. The summed E-state index contributed by atoms with van der Waals surface area (Å²) in [6, 6.07) is 20.1. The molecule has 1 N–H and O–H groups in total. The van der Waals surface area contributed by atoms with Crippen molar-refractivity contribution in [3.05, 3.63) is 95.8 Å². The predicted molar refractivity (Wildman–Crippen MR) is 119 cm³/mol. The fourth-order valence-corrected chi connectivity index (χ4v) is 3.22. The fourth-order valence-electron chi connectivity index (χ4n) is 3.22. The van der Waals surface area contributed by atoms with Crippen molar-refractivity contribution < 1.29 is 14.3 Å². The van der Waals surface area contributed by atoms with Crippen molar-refractivity contribution >= 4 is 11.8 Å². The van der Waals surface area contributed by atoms with Gasteiger partial charge in [0.25, 0.3) is 0 Å². The van der Waals surface area contributed by atoms with Gasteiger partial charge in [-0.05, 0) is 47.9 Å². The molecule has 0 saturated carbocycles. The van der Waals surface area contributed by atoms with Crippen molar-refractivity contribution in [2.24, 2.45) is 0 Å². The lowest BCUT2D eigenvalue weighted by Gasteiger charge is -2.29. The number of benzene rings is 2. The van der Waals surface area contributed by atoms with E-state index in [-0.39, 0.29) is 18.2 Å². The molecule has 3 rings (SSSR count). The summed E-state index contributed by atoms with van der Waals surface area (Å²) in [4.78, 5) is 31.6. The average molecular weight is 418 g/mol. The van der Waals surface area contributed by atoms with Crippen LogP contribution < -0.4 is 10.1 Å². The molecule has 2 amide bonds. The van der Waals surface area contributed by atoms with Crippen LogP contribution >= 0.6 is 0 Å². The topological polar surface area (TPSA) is 71.5 Å². The molecule has 160 valence electrons. The highest BCUT2D eigenvalue weighted by Gasteiger charge is 2.26. The van der Waals surface area contributed by atoms with Crippen LogP contribution in [0.15, 0.2) is 79.1 Å². The van der Waals surface area contributed by atoms with Gasteiger partial charge in [0.05, 0.1) is 13.5 Å². The summed E-state index contributed by atoms with van der Waals surface area (Å²) < 4.78 is 5.21. The van der Waals surface area contributed by atoms with Gasteiger partial charge in [-0.2, -0.15) is 0 Å². The summed E-state index contributed by atoms with van der Waals surface area (Å²) in [5, 5.41) is 2.92.